The number of nitrogens with one attached hydrogen (secondary N) is 1. The van der Waals surface area contributed by atoms with Crippen LogP contribution in [0, 0.1) is 0 Å². The zero-order chi connectivity index (χ0) is 17.3. The second-order valence-corrected chi connectivity index (χ2v) is 9.27. The molecule has 25 heavy (non-hydrogen) atoms. The van der Waals surface area contributed by atoms with Crippen LogP contribution >= 0.6 is 11.8 Å². The summed E-state index contributed by atoms with van der Waals surface area (Å²) in [6.07, 6.45) is 17.5. The second kappa shape index (κ2) is 18.4. The molecule has 1 fully saturated rings. The lowest BCUT2D eigenvalue weighted by atomic mass is 10.1. The first kappa shape index (κ1) is 26.0. The predicted molar refractivity (Wildman–Crippen MR) is 112 cm³/mol. The maximum Gasteiger partial charge on any atom is 0.0912 e. The van der Waals surface area contributed by atoms with E-state index >= 15 is 0 Å². The summed E-state index contributed by atoms with van der Waals surface area (Å²) in [5, 5.41) is 3.47. The SMILES string of the molecule is CCCCCCCCCCCCCCSCC[N+]1(C)CCNCC1.[I-]. The molecular formula is C21H45IN2S. The fourth-order valence-electron chi connectivity index (χ4n) is 3.59. The number of likely N-dealkylation sites (N-methyl/N-ethyl adjacent to an activating group) is 1. The van der Waals surface area contributed by atoms with Crippen molar-refractivity contribution >= 4 is 11.8 Å². The molecule has 4 heteroatoms. The van der Waals surface area contributed by atoms with Gasteiger partial charge in [0.05, 0.1) is 26.7 Å². The first-order valence-electron chi connectivity index (χ1n) is 10.9. The van der Waals surface area contributed by atoms with Crippen molar-refractivity contribution in [2.75, 3.05) is 51.3 Å². The number of quaternary nitrogens is 1. The van der Waals surface area contributed by atoms with E-state index in [-0.39, 0.29) is 24.0 Å². The molecular weight excluding hydrogens is 439 g/mol. The van der Waals surface area contributed by atoms with Gasteiger partial charge in [0.2, 0.25) is 0 Å². The lowest BCUT2D eigenvalue weighted by Gasteiger charge is -2.38. The van der Waals surface area contributed by atoms with Crippen molar-refractivity contribution < 1.29 is 28.5 Å². The summed E-state index contributed by atoms with van der Waals surface area (Å²) in [6, 6.07) is 0. The minimum Gasteiger partial charge on any atom is -1.00 e. The lowest BCUT2D eigenvalue weighted by Crippen LogP contribution is -3.00. The molecule has 0 aromatic heterocycles. The van der Waals surface area contributed by atoms with Gasteiger partial charge in [0.15, 0.2) is 0 Å². The summed E-state index contributed by atoms with van der Waals surface area (Å²) < 4.78 is 1.29. The quantitative estimate of drug-likeness (QED) is 0.205. The van der Waals surface area contributed by atoms with Gasteiger partial charge in [-0.2, -0.15) is 11.8 Å². The van der Waals surface area contributed by atoms with Crippen molar-refractivity contribution in [2.24, 2.45) is 0 Å². The van der Waals surface area contributed by atoms with Crippen LogP contribution in [0.4, 0.5) is 0 Å². The van der Waals surface area contributed by atoms with Crippen molar-refractivity contribution in [2.45, 2.75) is 84.0 Å². The number of hydrogen-bond acceptors (Lipinski definition) is 2. The van der Waals surface area contributed by atoms with Crippen molar-refractivity contribution in [3.63, 3.8) is 0 Å². The molecule has 0 saturated carbocycles. The Hall–Kier alpha value is 1.00. The van der Waals surface area contributed by atoms with E-state index in [1.165, 1.54) is 126 Å². The van der Waals surface area contributed by atoms with Gasteiger partial charge in [-0.3, -0.25) is 0 Å². The van der Waals surface area contributed by atoms with Gasteiger partial charge in [0.25, 0.3) is 0 Å². The Labute approximate surface area is 180 Å². The monoisotopic (exact) mass is 484 g/mol. The number of nitrogens with zero attached hydrogens (tertiary/aromatic N) is 1. The molecule has 0 aromatic carbocycles. The van der Waals surface area contributed by atoms with Crippen molar-refractivity contribution in [3.05, 3.63) is 0 Å². The molecule has 0 unspecified atom stereocenters. The summed E-state index contributed by atoms with van der Waals surface area (Å²) in [5.74, 6) is 2.74. The zero-order valence-corrected chi connectivity index (χ0v) is 20.1. The van der Waals surface area contributed by atoms with E-state index in [9.17, 15) is 0 Å². The first-order valence-corrected chi connectivity index (χ1v) is 12.0. The Morgan fingerprint density at radius 2 is 1.20 bits per heavy atom. The molecule has 0 radical (unpaired) electrons. The van der Waals surface area contributed by atoms with Crippen molar-refractivity contribution in [3.8, 4) is 0 Å². The highest BCUT2D eigenvalue weighted by Crippen LogP contribution is 2.14. The normalized spacial score (nSPS) is 16.6. The highest BCUT2D eigenvalue weighted by atomic mass is 127. The summed E-state index contributed by atoms with van der Waals surface area (Å²) in [5.41, 5.74) is 0. The molecule has 1 saturated heterocycles. The Bertz CT molecular complexity index is 271. The number of rotatable bonds is 16. The Kier molecular flexibility index (Phi) is 19.1. The van der Waals surface area contributed by atoms with E-state index in [1.807, 2.05) is 0 Å². The highest BCUT2D eigenvalue weighted by molar-refractivity contribution is 7.99. The van der Waals surface area contributed by atoms with E-state index < -0.39 is 0 Å². The van der Waals surface area contributed by atoms with E-state index in [0.29, 0.717) is 0 Å². The van der Waals surface area contributed by atoms with Crippen LogP contribution in [0.2, 0.25) is 0 Å². The molecule has 0 amide bonds. The van der Waals surface area contributed by atoms with Gasteiger partial charge < -0.3 is 33.8 Å². The number of hydrogen-bond donors (Lipinski definition) is 1. The summed E-state index contributed by atoms with van der Waals surface area (Å²) in [4.78, 5) is 0. The third kappa shape index (κ3) is 15.7. The minimum atomic E-state index is 0. The number of thioether (sulfide) groups is 1. The second-order valence-electron chi connectivity index (χ2n) is 8.04. The van der Waals surface area contributed by atoms with E-state index in [4.69, 9.17) is 0 Å². The van der Waals surface area contributed by atoms with Crippen LogP contribution < -0.4 is 29.3 Å². The molecule has 1 N–H and O–H groups in total. The highest BCUT2D eigenvalue weighted by Gasteiger charge is 2.23. The standard InChI is InChI=1S/C21H45N2S.HI/c1-3-4-5-6-7-8-9-10-11-12-13-14-20-24-21-19-23(2)17-15-22-16-18-23;/h22H,3-21H2,1-2H3;1H/q+1;/p-1. The number of halogens is 1. The fraction of sp³-hybridized carbons (Fsp3) is 1.00. The first-order chi connectivity index (χ1) is 11.8. The molecule has 0 atom stereocenters. The molecule has 1 aliphatic heterocycles. The van der Waals surface area contributed by atoms with Crippen molar-refractivity contribution in [1.82, 2.24) is 5.32 Å². The van der Waals surface area contributed by atoms with Crippen LogP contribution in [-0.4, -0.2) is 55.8 Å². The Morgan fingerprint density at radius 1 is 0.720 bits per heavy atom. The average molecular weight is 485 g/mol. The molecule has 0 spiro atoms. The van der Waals surface area contributed by atoms with Gasteiger partial charge >= 0.3 is 0 Å². The third-order valence-electron chi connectivity index (χ3n) is 5.57. The summed E-state index contributed by atoms with van der Waals surface area (Å²) in [6.45, 7) is 8.72. The van der Waals surface area contributed by atoms with Crippen LogP contribution in [0.15, 0.2) is 0 Å². The summed E-state index contributed by atoms with van der Waals surface area (Å²) >= 11 is 2.19. The molecule has 1 rings (SSSR count). The molecule has 0 aromatic rings. The van der Waals surface area contributed by atoms with Gasteiger partial charge in [-0.15, -0.1) is 0 Å². The number of piperazine rings is 1. The van der Waals surface area contributed by atoms with Crippen LogP contribution in [0.1, 0.15) is 84.0 Å². The molecule has 0 bridgehead atoms. The van der Waals surface area contributed by atoms with E-state index in [1.54, 1.807) is 0 Å². The van der Waals surface area contributed by atoms with Crippen LogP contribution in [-0.2, 0) is 0 Å². The van der Waals surface area contributed by atoms with Gasteiger partial charge in [-0.05, 0) is 12.2 Å². The lowest BCUT2D eigenvalue weighted by molar-refractivity contribution is -0.908. The van der Waals surface area contributed by atoms with E-state index in [2.05, 4.69) is 31.1 Å². The molecule has 0 aliphatic carbocycles. The van der Waals surface area contributed by atoms with Crippen molar-refractivity contribution in [1.29, 1.82) is 0 Å². The minimum absolute atomic E-state index is 0. The van der Waals surface area contributed by atoms with Gasteiger partial charge in [-0.25, -0.2) is 0 Å². The molecule has 152 valence electrons. The maximum atomic E-state index is 3.47. The summed E-state index contributed by atoms with van der Waals surface area (Å²) in [7, 11) is 2.44. The Balaban J connectivity index is 0.00000576. The molecule has 1 aliphatic rings. The maximum absolute atomic E-state index is 3.47. The van der Waals surface area contributed by atoms with Gasteiger partial charge in [0, 0.05) is 18.8 Å². The third-order valence-corrected chi connectivity index (χ3v) is 6.62. The van der Waals surface area contributed by atoms with Gasteiger partial charge in [-0.1, -0.05) is 77.6 Å². The number of unbranched alkanes of at least 4 members (excludes halogenated alkanes) is 11. The average Bonchev–Trinajstić information content (AvgIpc) is 2.59. The van der Waals surface area contributed by atoms with E-state index in [0.717, 1.165) is 0 Å². The van der Waals surface area contributed by atoms with Gasteiger partial charge in [0.1, 0.15) is 0 Å². The zero-order valence-electron chi connectivity index (χ0n) is 17.2. The fourth-order valence-corrected chi connectivity index (χ4v) is 4.77. The molecule has 1 heterocycles. The van der Waals surface area contributed by atoms with Crippen LogP contribution in [0.5, 0.6) is 0 Å². The predicted octanol–water partition coefficient (Wildman–Crippen LogP) is 2.47. The largest absolute Gasteiger partial charge is 1.00 e. The smallest absolute Gasteiger partial charge is 0.0912 e. The molecule has 2 nitrogen and oxygen atoms in total. The topological polar surface area (TPSA) is 12.0 Å². The van der Waals surface area contributed by atoms with Crippen LogP contribution in [0.25, 0.3) is 0 Å². The van der Waals surface area contributed by atoms with Crippen LogP contribution in [0.3, 0.4) is 0 Å². The Morgan fingerprint density at radius 3 is 1.72 bits per heavy atom.